The van der Waals surface area contributed by atoms with Crippen molar-refractivity contribution in [2.24, 2.45) is 0 Å². The molecule has 35 heavy (non-hydrogen) atoms. The fourth-order valence-electron chi connectivity index (χ4n) is 4.88. The minimum Gasteiger partial charge on any atom is -0.343 e. The smallest absolute Gasteiger partial charge is 0.222 e. The number of aromatic nitrogens is 2. The number of aryl methyl sites for hydroxylation is 2. The number of carbonyl (C=O) groups is 1. The number of pyridine rings is 2. The first kappa shape index (κ1) is 22.8. The fourth-order valence-corrected chi connectivity index (χ4v) is 4.88. The second kappa shape index (κ2) is 10.1. The van der Waals surface area contributed by atoms with Crippen LogP contribution in [-0.4, -0.2) is 33.4 Å². The van der Waals surface area contributed by atoms with Crippen molar-refractivity contribution >= 4 is 28.3 Å². The zero-order valence-corrected chi connectivity index (χ0v) is 20.0. The number of hydrogen-bond donors (Lipinski definition) is 1. The van der Waals surface area contributed by atoms with Gasteiger partial charge in [-0.25, -0.2) is 0 Å². The highest BCUT2D eigenvalue weighted by Crippen LogP contribution is 2.27. The molecule has 0 saturated carbocycles. The number of rotatable bonds is 6. The summed E-state index contributed by atoms with van der Waals surface area (Å²) in [5.74, 6) is 0.827. The molecule has 1 amide bonds. The molecule has 6 nitrogen and oxygen atoms in total. The van der Waals surface area contributed by atoms with Gasteiger partial charge < -0.3 is 10.2 Å². The highest BCUT2D eigenvalue weighted by molar-refractivity contribution is 5.87. The molecule has 2 aromatic heterocycles. The molecule has 6 heteroatoms. The third kappa shape index (κ3) is 4.97. The predicted molar refractivity (Wildman–Crippen MR) is 141 cm³/mol. The van der Waals surface area contributed by atoms with Gasteiger partial charge in [-0.3, -0.25) is 19.1 Å². The van der Waals surface area contributed by atoms with Crippen LogP contribution in [0.25, 0.3) is 16.6 Å². The molecule has 178 valence electrons. The average Bonchev–Trinajstić information content (AvgIpc) is 2.88. The monoisotopic (exact) mass is 466 g/mol. The lowest BCUT2D eigenvalue weighted by atomic mass is 10.1. The lowest BCUT2D eigenvalue weighted by Gasteiger charge is -2.26. The van der Waals surface area contributed by atoms with E-state index in [0.29, 0.717) is 29.7 Å². The maximum Gasteiger partial charge on any atom is 0.222 e. The fraction of sp³-hybridized carbons (Fsp3) is 0.276. The van der Waals surface area contributed by atoms with Crippen molar-refractivity contribution in [1.82, 2.24) is 14.5 Å². The van der Waals surface area contributed by atoms with E-state index in [1.54, 1.807) is 6.07 Å². The van der Waals surface area contributed by atoms with E-state index in [0.717, 1.165) is 48.5 Å². The molecular weight excluding hydrogens is 436 g/mol. The number of piperidine rings is 1. The molecule has 1 aliphatic rings. The van der Waals surface area contributed by atoms with Gasteiger partial charge in [0.05, 0.1) is 16.6 Å². The van der Waals surface area contributed by atoms with Crippen molar-refractivity contribution in [3.8, 4) is 5.69 Å². The molecule has 1 aliphatic heterocycles. The van der Waals surface area contributed by atoms with E-state index in [1.807, 2.05) is 78.6 Å². The summed E-state index contributed by atoms with van der Waals surface area (Å²) in [6.45, 7) is 3.60. The first-order valence-electron chi connectivity index (χ1n) is 12.3. The van der Waals surface area contributed by atoms with Crippen LogP contribution in [0.2, 0.25) is 0 Å². The van der Waals surface area contributed by atoms with Gasteiger partial charge in [-0.05, 0) is 62.9 Å². The number of carbonyl (C=O) groups excluding carboxylic acids is 1. The topological polar surface area (TPSA) is 67.2 Å². The van der Waals surface area contributed by atoms with E-state index in [1.165, 1.54) is 6.42 Å². The number of para-hydroxylation sites is 2. The first-order valence-corrected chi connectivity index (χ1v) is 12.3. The SMILES string of the molecule is Cc1cc2c(c(CCC(=O)N3CCCCC3)n1)c(=O)cc(Nc1ccccc1)n2-c1ccccc1. The molecule has 5 rings (SSSR count). The van der Waals surface area contributed by atoms with Crippen LogP contribution in [0.1, 0.15) is 37.1 Å². The molecule has 1 fully saturated rings. The minimum atomic E-state index is -0.0986. The predicted octanol–water partition coefficient (Wildman–Crippen LogP) is 5.38. The molecule has 0 unspecified atom stereocenters. The van der Waals surface area contributed by atoms with Gasteiger partial charge in [0.25, 0.3) is 0 Å². The maximum atomic E-state index is 13.5. The van der Waals surface area contributed by atoms with Crippen LogP contribution in [0.3, 0.4) is 0 Å². The van der Waals surface area contributed by atoms with Crippen molar-refractivity contribution in [1.29, 1.82) is 0 Å². The second-order valence-electron chi connectivity index (χ2n) is 9.10. The van der Waals surface area contributed by atoms with Gasteiger partial charge in [0.1, 0.15) is 5.82 Å². The van der Waals surface area contributed by atoms with Crippen molar-refractivity contribution in [3.63, 3.8) is 0 Å². The molecule has 4 aromatic rings. The van der Waals surface area contributed by atoms with Crippen LogP contribution in [0.4, 0.5) is 11.5 Å². The molecule has 1 N–H and O–H groups in total. The number of amides is 1. The van der Waals surface area contributed by atoms with Gasteiger partial charge >= 0.3 is 0 Å². The third-order valence-electron chi connectivity index (χ3n) is 6.54. The number of fused-ring (bicyclic) bond motifs is 1. The minimum absolute atomic E-state index is 0.0986. The normalized spacial score (nSPS) is 13.7. The Labute approximate surface area is 205 Å². The van der Waals surface area contributed by atoms with Crippen LogP contribution in [0.5, 0.6) is 0 Å². The molecule has 3 heterocycles. The molecule has 0 spiro atoms. The van der Waals surface area contributed by atoms with Gasteiger partial charge in [-0.2, -0.15) is 0 Å². The molecule has 0 atom stereocenters. The van der Waals surface area contributed by atoms with Crippen LogP contribution in [0.15, 0.2) is 77.6 Å². The van der Waals surface area contributed by atoms with E-state index in [2.05, 4.69) is 9.88 Å². The molecular formula is C29H30N4O2. The Bertz CT molecular complexity index is 1390. The molecule has 0 bridgehead atoms. The van der Waals surface area contributed by atoms with Crippen molar-refractivity contribution in [2.45, 2.75) is 39.0 Å². The Hall–Kier alpha value is -3.93. The zero-order chi connectivity index (χ0) is 24.2. The summed E-state index contributed by atoms with van der Waals surface area (Å²) in [5, 5.41) is 3.99. The van der Waals surface area contributed by atoms with Gasteiger partial charge in [0, 0.05) is 42.6 Å². The summed E-state index contributed by atoms with van der Waals surface area (Å²) in [7, 11) is 0. The quantitative estimate of drug-likeness (QED) is 0.414. The van der Waals surface area contributed by atoms with E-state index >= 15 is 0 Å². The van der Waals surface area contributed by atoms with Crippen LogP contribution in [0, 0.1) is 6.92 Å². The Balaban J connectivity index is 1.60. The third-order valence-corrected chi connectivity index (χ3v) is 6.54. The summed E-state index contributed by atoms with van der Waals surface area (Å²) in [6.07, 6.45) is 4.13. The second-order valence-corrected chi connectivity index (χ2v) is 9.10. The van der Waals surface area contributed by atoms with E-state index in [9.17, 15) is 9.59 Å². The Morgan fingerprint density at radius 1 is 0.943 bits per heavy atom. The number of benzene rings is 2. The van der Waals surface area contributed by atoms with Crippen molar-refractivity contribution in [2.75, 3.05) is 18.4 Å². The van der Waals surface area contributed by atoms with Crippen LogP contribution >= 0.6 is 0 Å². The van der Waals surface area contributed by atoms with Crippen molar-refractivity contribution < 1.29 is 4.79 Å². The summed E-state index contributed by atoms with van der Waals surface area (Å²) < 4.78 is 2.06. The number of nitrogens with one attached hydrogen (secondary N) is 1. The number of nitrogens with zero attached hydrogens (tertiary/aromatic N) is 3. The van der Waals surface area contributed by atoms with Gasteiger partial charge in [0.2, 0.25) is 5.91 Å². The number of hydrogen-bond acceptors (Lipinski definition) is 4. The van der Waals surface area contributed by atoms with Crippen molar-refractivity contribution in [3.05, 3.63) is 94.4 Å². The summed E-state index contributed by atoms with van der Waals surface area (Å²) in [5.41, 5.74) is 4.03. The average molecular weight is 467 g/mol. The standard InChI is InChI=1S/C29H30N4O2/c1-21-19-25-29(24(30-21)15-16-28(35)32-17-9-4-10-18-32)26(34)20-27(31-22-11-5-2-6-12-22)33(25)23-13-7-3-8-14-23/h2-3,5-8,11-14,19-20,31H,4,9-10,15-18H2,1H3. The molecule has 0 radical (unpaired) electrons. The summed E-state index contributed by atoms with van der Waals surface area (Å²) >= 11 is 0. The Kier molecular flexibility index (Phi) is 6.62. The van der Waals surface area contributed by atoms with Crippen LogP contribution in [-0.2, 0) is 11.2 Å². The summed E-state index contributed by atoms with van der Waals surface area (Å²) in [6, 6.07) is 23.4. The Morgan fingerprint density at radius 2 is 1.63 bits per heavy atom. The highest BCUT2D eigenvalue weighted by Gasteiger charge is 2.20. The lowest BCUT2D eigenvalue weighted by molar-refractivity contribution is -0.132. The van der Waals surface area contributed by atoms with E-state index < -0.39 is 0 Å². The molecule has 1 saturated heterocycles. The maximum absolute atomic E-state index is 13.5. The lowest BCUT2D eigenvalue weighted by Crippen LogP contribution is -2.35. The van der Waals surface area contributed by atoms with E-state index in [-0.39, 0.29) is 11.3 Å². The first-order chi connectivity index (χ1) is 17.1. The number of likely N-dealkylation sites (tertiary alicyclic amines) is 1. The van der Waals surface area contributed by atoms with Gasteiger partial charge in [-0.15, -0.1) is 0 Å². The summed E-state index contributed by atoms with van der Waals surface area (Å²) in [4.78, 5) is 33.0. The van der Waals surface area contributed by atoms with Crippen LogP contribution < -0.4 is 10.7 Å². The van der Waals surface area contributed by atoms with E-state index in [4.69, 9.17) is 4.98 Å². The Morgan fingerprint density at radius 3 is 2.34 bits per heavy atom. The number of anilines is 2. The largest absolute Gasteiger partial charge is 0.343 e. The zero-order valence-electron chi connectivity index (χ0n) is 20.0. The van der Waals surface area contributed by atoms with Gasteiger partial charge in [-0.1, -0.05) is 36.4 Å². The van der Waals surface area contributed by atoms with Gasteiger partial charge in [0.15, 0.2) is 5.43 Å². The molecule has 0 aliphatic carbocycles. The highest BCUT2D eigenvalue weighted by atomic mass is 16.2. The molecule has 2 aromatic carbocycles.